The topological polar surface area (TPSA) is 96.4 Å². The summed E-state index contributed by atoms with van der Waals surface area (Å²) >= 11 is 0. The number of ether oxygens (including phenoxy) is 1. The van der Waals surface area contributed by atoms with Gasteiger partial charge in [0.25, 0.3) is 5.91 Å². The number of aromatic nitrogens is 4. The summed E-state index contributed by atoms with van der Waals surface area (Å²) in [6.07, 6.45) is 2.02. The van der Waals surface area contributed by atoms with Gasteiger partial charge in [-0.15, -0.1) is 0 Å². The Labute approximate surface area is 170 Å². The highest BCUT2D eigenvalue weighted by Crippen LogP contribution is 2.31. The van der Waals surface area contributed by atoms with Gasteiger partial charge in [0, 0.05) is 43.7 Å². The van der Waals surface area contributed by atoms with Crippen LogP contribution in [0.15, 0.2) is 12.3 Å². The number of fused-ring (bicyclic) bond motifs is 3. The van der Waals surface area contributed by atoms with Gasteiger partial charge in [-0.05, 0) is 33.8 Å². The zero-order valence-electron chi connectivity index (χ0n) is 17.6. The fourth-order valence-corrected chi connectivity index (χ4v) is 4.08. The molecule has 0 fully saturated rings. The lowest BCUT2D eigenvalue weighted by Crippen LogP contribution is -2.45. The van der Waals surface area contributed by atoms with Crippen molar-refractivity contribution in [3.05, 3.63) is 34.9 Å². The minimum absolute atomic E-state index is 0.0496. The number of nitrogens with one attached hydrogen (secondary N) is 1. The molecule has 9 nitrogen and oxygen atoms in total. The molecule has 0 bridgehead atoms. The smallest absolute Gasteiger partial charge is 0.410 e. The number of amides is 2. The highest BCUT2D eigenvalue weighted by atomic mass is 16.6. The summed E-state index contributed by atoms with van der Waals surface area (Å²) in [6.45, 7) is 9.00. The van der Waals surface area contributed by atoms with Gasteiger partial charge in [-0.25, -0.2) is 4.79 Å². The fraction of sp³-hybridized carbons (Fsp3) is 0.600. The molecule has 29 heavy (non-hydrogen) atoms. The first-order chi connectivity index (χ1) is 13.6. The van der Waals surface area contributed by atoms with E-state index in [1.165, 1.54) is 0 Å². The predicted octanol–water partition coefficient (Wildman–Crippen LogP) is 2.16. The standard InChI is InChI=1S/C20H28N6O3/c1-12-8-16-14(11-25(12)19(28)29-20(2,3)4)17-18(27)24(5)9-13(10-26(17)23-16)15-6-7-21-22-15/h6-7,12-13H,8-11H2,1-5H3,(H,21,22). The Morgan fingerprint density at radius 3 is 2.72 bits per heavy atom. The number of rotatable bonds is 1. The number of nitrogens with zero attached hydrogens (tertiary/aromatic N) is 5. The SMILES string of the molecule is CC1Cc2nn3c(c2CN1C(=O)OC(C)(C)C)C(=O)N(C)CC(c1cc[nH]n1)C3. The second kappa shape index (κ2) is 6.89. The molecule has 0 saturated heterocycles. The normalized spacial score (nSPS) is 22.2. The molecule has 2 aliphatic heterocycles. The van der Waals surface area contributed by atoms with E-state index in [1.807, 2.05) is 33.8 Å². The highest BCUT2D eigenvalue weighted by Gasteiger charge is 2.38. The molecule has 2 unspecified atom stereocenters. The molecule has 1 N–H and O–H groups in total. The van der Waals surface area contributed by atoms with Crippen LogP contribution in [0.1, 0.15) is 61.1 Å². The van der Waals surface area contributed by atoms with Crippen LogP contribution in [0.5, 0.6) is 0 Å². The summed E-state index contributed by atoms with van der Waals surface area (Å²) in [6, 6.07) is 1.88. The first-order valence-corrected chi connectivity index (χ1v) is 9.97. The second-order valence-corrected chi connectivity index (χ2v) is 9.00. The molecule has 9 heteroatoms. The summed E-state index contributed by atoms with van der Waals surface area (Å²) in [5.41, 5.74) is 2.63. The first-order valence-electron chi connectivity index (χ1n) is 9.97. The number of hydrogen-bond acceptors (Lipinski definition) is 5. The Bertz CT molecular complexity index is 927. The number of hydrogen-bond donors (Lipinski definition) is 1. The third-order valence-corrected chi connectivity index (χ3v) is 5.49. The Kier molecular flexibility index (Phi) is 4.63. The van der Waals surface area contributed by atoms with E-state index < -0.39 is 5.60 Å². The van der Waals surface area contributed by atoms with Crippen LogP contribution in [-0.4, -0.2) is 67.0 Å². The van der Waals surface area contributed by atoms with E-state index in [0.717, 1.165) is 17.0 Å². The van der Waals surface area contributed by atoms with Crippen LogP contribution in [0.25, 0.3) is 0 Å². The molecule has 4 rings (SSSR count). The lowest BCUT2D eigenvalue weighted by Gasteiger charge is -2.34. The van der Waals surface area contributed by atoms with Crippen LogP contribution >= 0.6 is 0 Å². The lowest BCUT2D eigenvalue weighted by molar-refractivity contribution is 0.0136. The van der Waals surface area contributed by atoms with Crippen molar-refractivity contribution in [1.82, 2.24) is 29.8 Å². The van der Waals surface area contributed by atoms with Crippen molar-refractivity contribution < 1.29 is 14.3 Å². The van der Waals surface area contributed by atoms with Crippen molar-refractivity contribution in [2.75, 3.05) is 13.6 Å². The van der Waals surface area contributed by atoms with Gasteiger partial charge in [-0.2, -0.15) is 10.2 Å². The third-order valence-electron chi connectivity index (χ3n) is 5.49. The van der Waals surface area contributed by atoms with Crippen LogP contribution in [0, 0.1) is 0 Å². The van der Waals surface area contributed by atoms with Gasteiger partial charge in [-0.3, -0.25) is 14.6 Å². The predicted molar refractivity (Wildman–Crippen MR) is 105 cm³/mol. The van der Waals surface area contributed by atoms with Crippen molar-refractivity contribution in [3.63, 3.8) is 0 Å². The van der Waals surface area contributed by atoms with Crippen molar-refractivity contribution >= 4 is 12.0 Å². The molecule has 0 spiro atoms. The summed E-state index contributed by atoms with van der Waals surface area (Å²) in [7, 11) is 1.80. The number of carbonyl (C=O) groups is 2. The van der Waals surface area contributed by atoms with Gasteiger partial charge < -0.3 is 14.5 Å². The van der Waals surface area contributed by atoms with E-state index >= 15 is 0 Å². The summed E-state index contributed by atoms with van der Waals surface area (Å²) < 4.78 is 7.38. The molecule has 2 amide bonds. The molecule has 2 atom stereocenters. The Morgan fingerprint density at radius 1 is 1.31 bits per heavy atom. The molecule has 4 heterocycles. The zero-order chi connectivity index (χ0) is 20.9. The maximum absolute atomic E-state index is 13.2. The number of aromatic amines is 1. The average Bonchev–Trinajstić information content (AvgIpc) is 3.23. The largest absolute Gasteiger partial charge is 0.444 e. The number of likely N-dealkylation sites (N-methyl/N-ethyl adjacent to an activating group) is 1. The van der Waals surface area contributed by atoms with E-state index in [0.29, 0.717) is 31.7 Å². The number of carbonyl (C=O) groups excluding carboxylic acids is 2. The maximum atomic E-state index is 13.2. The summed E-state index contributed by atoms with van der Waals surface area (Å²) in [4.78, 5) is 29.3. The van der Waals surface area contributed by atoms with Crippen molar-refractivity contribution in [2.45, 2.75) is 64.8 Å². The summed E-state index contributed by atoms with van der Waals surface area (Å²) in [5, 5.41) is 11.9. The van der Waals surface area contributed by atoms with Crippen LogP contribution in [0.3, 0.4) is 0 Å². The molecule has 2 aliphatic rings. The number of H-pyrrole nitrogens is 1. The first kappa shape index (κ1) is 19.5. The van der Waals surface area contributed by atoms with Crippen LogP contribution in [0.2, 0.25) is 0 Å². The van der Waals surface area contributed by atoms with Gasteiger partial charge in [0.2, 0.25) is 0 Å². The third kappa shape index (κ3) is 3.61. The fourth-order valence-electron chi connectivity index (χ4n) is 4.08. The quantitative estimate of drug-likeness (QED) is 0.791. The van der Waals surface area contributed by atoms with Gasteiger partial charge in [-0.1, -0.05) is 0 Å². The van der Waals surface area contributed by atoms with Crippen molar-refractivity contribution in [3.8, 4) is 0 Å². The van der Waals surface area contributed by atoms with Gasteiger partial charge in [0.15, 0.2) is 0 Å². The second-order valence-electron chi connectivity index (χ2n) is 9.00. The van der Waals surface area contributed by atoms with Gasteiger partial charge in [0.1, 0.15) is 11.3 Å². The van der Waals surface area contributed by atoms with Crippen LogP contribution < -0.4 is 0 Å². The molecule has 2 aromatic heterocycles. The van der Waals surface area contributed by atoms with E-state index in [4.69, 9.17) is 9.84 Å². The molecule has 0 radical (unpaired) electrons. The van der Waals surface area contributed by atoms with Gasteiger partial charge >= 0.3 is 6.09 Å². The minimum Gasteiger partial charge on any atom is -0.444 e. The Balaban J connectivity index is 1.68. The van der Waals surface area contributed by atoms with Crippen LogP contribution in [0.4, 0.5) is 4.79 Å². The van der Waals surface area contributed by atoms with Crippen molar-refractivity contribution in [2.24, 2.45) is 0 Å². The maximum Gasteiger partial charge on any atom is 0.410 e. The molecule has 0 saturated carbocycles. The average molecular weight is 400 g/mol. The van der Waals surface area contributed by atoms with E-state index in [9.17, 15) is 9.59 Å². The molecular formula is C20H28N6O3. The lowest BCUT2D eigenvalue weighted by atomic mass is 9.99. The van der Waals surface area contributed by atoms with Crippen molar-refractivity contribution in [1.29, 1.82) is 0 Å². The summed E-state index contributed by atoms with van der Waals surface area (Å²) in [5.74, 6) is -0.0207. The monoisotopic (exact) mass is 400 g/mol. The van der Waals surface area contributed by atoms with Gasteiger partial charge in [0.05, 0.1) is 24.5 Å². The van der Waals surface area contributed by atoms with Crippen LogP contribution in [-0.2, 0) is 24.2 Å². The Morgan fingerprint density at radius 2 is 2.07 bits per heavy atom. The minimum atomic E-state index is -0.570. The Hall–Kier alpha value is -2.84. The molecule has 0 aliphatic carbocycles. The highest BCUT2D eigenvalue weighted by molar-refractivity contribution is 5.94. The molecular weight excluding hydrogens is 372 g/mol. The zero-order valence-corrected chi connectivity index (χ0v) is 17.6. The molecule has 0 aromatic carbocycles. The van der Waals surface area contributed by atoms with E-state index in [-0.39, 0.29) is 24.0 Å². The van der Waals surface area contributed by atoms with E-state index in [2.05, 4.69) is 10.2 Å². The molecule has 156 valence electrons. The van der Waals surface area contributed by atoms with E-state index in [1.54, 1.807) is 27.7 Å². The molecule has 2 aromatic rings.